The molecule has 0 radical (unpaired) electrons. The Morgan fingerprint density at radius 3 is 0.571 bits per heavy atom. The highest BCUT2D eigenvalue weighted by Crippen LogP contribution is 2.08. The summed E-state index contributed by atoms with van der Waals surface area (Å²) < 4.78 is 0. The normalized spacial score (nSPS) is 9.71. The van der Waals surface area contributed by atoms with Gasteiger partial charge in [0.15, 0.2) is 0 Å². The van der Waals surface area contributed by atoms with Gasteiger partial charge in [-0.3, -0.25) is 0 Å². The van der Waals surface area contributed by atoms with Crippen LogP contribution in [-0.4, -0.2) is 0 Å². The SMILES string of the molecule is CCCCCCCCCC.CCCCCCCCCC.Cl. The van der Waals surface area contributed by atoms with Gasteiger partial charge >= 0.3 is 0 Å². The second kappa shape index (κ2) is 28.5. The Morgan fingerprint density at radius 2 is 0.429 bits per heavy atom. The van der Waals surface area contributed by atoms with Crippen molar-refractivity contribution in [2.75, 3.05) is 0 Å². The molecule has 0 aliphatic carbocycles. The molecule has 0 spiro atoms. The van der Waals surface area contributed by atoms with Gasteiger partial charge in [-0.05, 0) is 0 Å². The molecule has 0 unspecified atom stereocenters. The molecule has 0 atom stereocenters. The van der Waals surface area contributed by atoms with Gasteiger partial charge in [0.1, 0.15) is 0 Å². The molecule has 0 saturated heterocycles. The molecule has 0 bridgehead atoms. The van der Waals surface area contributed by atoms with Crippen molar-refractivity contribution in [3.8, 4) is 0 Å². The molecule has 132 valence electrons. The van der Waals surface area contributed by atoms with Gasteiger partial charge in [-0.25, -0.2) is 0 Å². The predicted molar refractivity (Wildman–Crippen MR) is 104 cm³/mol. The van der Waals surface area contributed by atoms with E-state index in [1.54, 1.807) is 0 Å². The van der Waals surface area contributed by atoms with Crippen LogP contribution in [0.15, 0.2) is 0 Å². The van der Waals surface area contributed by atoms with E-state index in [1.165, 1.54) is 103 Å². The lowest BCUT2D eigenvalue weighted by molar-refractivity contribution is 0.585. The Hall–Kier alpha value is 0.290. The van der Waals surface area contributed by atoms with Crippen LogP contribution >= 0.6 is 12.4 Å². The zero-order valence-corrected chi connectivity index (χ0v) is 16.5. The fourth-order valence-corrected chi connectivity index (χ4v) is 2.41. The number of halogens is 1. The Kier molecular flexibility index (Phi) is 35.5. The zero-order chi connectivity index (χ0) is 15.3. The molecule has 0 aliphatic heterocycles. The molecular formula is C20H45Cl. The third-order valence-electron chi connectivity index (χ3n) is 3.91. The van der Waals surface area contributed by atoms with Gasteiger partial charge < -0.3 is 0 Å². The van der Waals surface area contributed by atoms with Gasteiger partial charge in [-0.2, -0.15) is 0 Å². The summed E-state index contributed by atoms with van der Waals surface area (Å²) in [5, 5.41) is 0. The molecular weight excluding hydrogens is 276 g/mol. The smallest absolute Gasteiger partial charge is 0.0533 e. The summed E-state index contributed by atoms with van der Waals surface area (Å²) in [7, 11) is 0. The van der Waals surface area contributed by atoms with Crippen LogP contribution in [0.25, 0.3) is 0 Å². The van der Waals surface area contributed by atoms with Crippen molar-refractivity contribution in [2.45, 2.75) is 130 Å². The summed E-state index contributed by atoms with van der Waals surface area (Å²) >= 11 is 0. The highest BCUT2D eigenvalue weighted by molar-refractivity contribution is 5.85. The highest BCUT2D eigenvalue weighted by Gasteiger charge is 1.88. The molecule has 0 aromatic carbocycles. The van der Waals surface area contributed by atoms with Gasteiger partial charge in [0.2, 0.25) is 0 Å². The number of unbranched alkanes of at least 4 members (excludes halogenated alkanes) is 14. The van der Waals surface area contributed by atoms with Gasteiger partial charge in [-0.15, -0.1) is 12.4 Å². The van der Waals surface area contributed by atoms with Crippen LogP contribution in [0.4, 0.5) is 0 Å². The fraction of sp³-hybridized carbons (Fsp3) is 1.00. The second-order valence-electron chi connectivity index (χ2n) is 6.24. The van der Waals surface area contributed by atoms with E-state index in [0.29, 0.717) is 0 Å². The Labute approximate surface area is 143 Å². The maximum absolute atomic E-state index is 2.27. The monoisotopic (exact) mass is 320 g/mol. The largest absolute Gasteiger partial charge is 0.147 e. The summed E-state index contributed by atoms with van der Waals surface area (Å²) in [5.74, 6) is 0. The first-order chi connectivity index (χ1) is 9.83. The van der Waals surface area contributed by atoms with E-state index in [-0.39, 0.29) is 12.4 Å². The molecule has 0 heterocycles. The van der Waals surface area contributed by atoms with Crippen LogP contribution in [0.1, 0.15) is 130 Å². The molecule has 0 saturated carbocycles. The van der Waals surface area contributed by atoms with E-state index in [1.807, 2.05) is 0 Å². The molecule has 0 amide bonds. The molecule has 1 heteroatoms. The molecule has 0 nitrogen and oxygen atoms in total. The van der Waals surface area contributed by atoms with E-state index in [2.05, 4.69) is 27.7 Å². The van der Waals surface area contributed by atoms with Gasteiger partial charge in [-0.1, -0.05) is 130 Å². The van der Waals surface area contributed by atoms with Crippen LogP contribution in [0.3, 0.4) is 0 Å². The van der Waals surface area contributed by atoms with E-state index in [9.17, 15) is 0 Å². The van der Waals surface area contributed by atoms with Crippen molar-refractivity contribution in [2.24, 2.45) is 0 Å². The maximum atomic E-state index is 2.27. The van der Waals surface area contributed by atoms with Gasteiger partial charge in [0.05, 0.1) is 0 Å². The first kappa shape index (κ1) is 26.2. The lowest BCUT2D eigenvalue weighted by Crippen LogP contribution is -1.77. The first-order valence-corrected chi connectivity index (χ1v) is 9.83. The first-order valence-electron chi connectivity index (χ1n) is 9.83. The van der Waals surface area contributed by atoms with Crippen molar-refractivity contribution in [3.63, 3.8) is 0 Å². The topological polar surface area (TPSA) is 0 Å². The Morgan fingerprint density at radius 1 is 0.286 bits per heavy atom. The summed E-state index contributed by atoms with van der Waals surface area (Å²) in [4.78, 5) is 0. The van der Waals surface area contributed by atoms with Crippen LogP contribution < -0.4 is 0 Å². The second-order valence-corrected chi connectivity index (χ2v) is 6.24. The van der Waals surface area contributed by atoms with Gasteiger partial charge in [0, 0.05) is 0 Å². The van der Waals surface area contributed by atoms with Crippen molar-refractivity contribution >= 4 is 12.4 Å². The fourth-order valence-electron chi connectivity index (χ4n) is 2.41. The minimum absolute atomic E-state index is 0. The van der Waals surface area contributed by atoms with E-state index in [0.717, 1.165) is 0 Å². The lowest BCUT2D eigenvalue weighted by atomic mass is 10.1. The highest BCUT2D eigenvalue weighted by atomic mass is 35.5. The van der Waals surface area contributed by atoms with E-state index < -0.39 is 0 Å². The summed E-state index contributed by atoms with van der Waals surface area (Å²) in [6.07, 6.45) is 22.9. The molecule has 0 fully saturated rings. The molecule has 0 aromatic heterocycles. The lowest BCUT2D eigenvalue weighted by Gasteiger charge is -1.97. The Bertz CT molecular complexity index is 102. The summed E-state index contributed by atoms with van der Waals surface area (Å²) in [6, 6.07) is 0. The predicted octanol–water partition coefficient (Wildman–Crippen LogP) is 8.72. The standard InChI is InChI=1S/2C10H22.ClH/c2*1-3-5-7-9-10-8-6-4-2;/h2*3-10H2,1-2H3;1H. The quantitative estimate of drug-likeness (QED) is 0.281. The van der Waals surface area contributed by atoms with E-state index in [4.69, 9.17) is 0 Å². The van der Waals surface area contributed by atoms with Gasteiger partial charge in [0.25, 0.3) is 0 Å². The molecule has 21 heavy (non-hydrogen) atoms. The molecule has 0 aromatic rings. The average molecular weight is 321 g/mol. The van der Waals surface area contributed by atoms with Crippen molar-refractivity contribution in [1.29, 1.82) is 0 Å². The molecule has 0 N–H and O–H groups in total. The minimum atomic E-state index is 0. The molecule has 0 aliphatic rings. The van der Waals surface area contributed by atoms with Crippen LogP contribution in [0.2, 0.25) is 0 Å². The van der Waals surface area contributed by atoms with Crippen molar-refractivity contribution < 1.29 is 0 Å². The van der Waals surface area contributed by atoms with Crippen LogP contribution in [0, 0.1) is 0 Å². The van der Waals surface area contributed by atoms with Crippen molar-refractivity contribution in [3.05, 3.63) is 0 Å². The summed E-state index contributed by atoms with van der Waals surface area (Å²) in [6.45, 7) is 9.08. The number of hydrogen-bond acceptors (Lipinski definition) is 0. The third-order valence-corrected chi connectivity index (χ3v) is 3.91. The van der Waals surface area contributed by atoms with E-state index >= 15 is 0 Å². The molecule has 0 rings (SSSR count). The number of rotatable bonds is 14. The minimum Gasteiger partial charge on any atom is -0.147 e. The number of hydrogen-bond donors (Lipinski definition) is 0. The zero-order valence-electron chi connectivity index (χ0n) is 15.7. The Balaban J connectivity index is -0.000000295. The van der Waals surface area contributed by atoms with Crippen LogP contribution in [0.5, 0.6) is 0 Å². The average Bonchev–Trinajstić information content (AvgIpc) is 2.47. The summed E-state index contributed by atoms with van der Waals surface area (Å²) in [5.41, 5.74) is 0. The maximum Gasteiger partial charge on any atom is -0.0533 e. The van der Waals surface area contributed by atoms with Crippen molar-refractivity contribution in [1.82, 2.24) is 0 Å². The van der Waals surface area contributed by atoms with Crippen LogP contribution in [-0.2, 0) is 0 Å². The third kappa shape index (κ3) is 33.2.